The maximum absolute atomic E-state index is 13.1. The number of nitrogens with zero attached hydrogens (tertiary/aromatic N) is 1. The number of esters is 1. The van der Waals surface area contributed by atoms with E-state index in [1.807, 2.05) is 24.3 Å². The molecule has 9 nitrogen and oxygen atoms in total. The molecule has 0 bridgehead atoms. The second-order valence-corrected chi connectivity index (χ2v) is 7.69. The monoisotopic (exact) mass is 437 g/mol. The Morgan fingerprint density at radius 3 is 2.69 bits per heavy atom. The fourth-order valence-electron chi connectivity index (χ4n) is 4.27. The number of hydrogen-bond acceptors (Lipinski definition) is 6. The number of benzene rings is 2. The molecule has 1 aliphatic carbocycles. The van der Waals surface area contributed by atoms with E-state index in [9.17, 15) is 19.2 Å². The summed E-state index contributed by atoms with van der Waals surface area (Å²) in [5.74, 6) is -1.11. The normalized spacial score (nSPS) is 19.0. The molecule has 1 spiro atoms. The van der Waals surface area contributed by atoms with E-state index in [1.54, 1.807) is 18.2 Å². The minimum Gasteiger partial charge on any atom is -0.496 e. The number of rotatable bonds is 6. The van der Waals surface area contributed by atoms with Crippen LogP contribution in [0.3, 0.4) is 0 Å². The highest BCUT2D eigenvalue weighted by Gasteiger charge is 2.55. The van der Waals surface area contributed by atoms with E-state index in [-0.39, 0.29) is 12.1 Å². The van der Waals surface area contributed by atoms with Gasteiger partial charge in [-0.25, -0.2) is 9.59 Å². The molecule has 1 saturated heterocycles. The molecule has 1 unspecified atom stereocenters. The average molecular weight is 437 g/mol. The van der Waals surface area contributed by atoms with Crippen molar-refractivity contribution >= 4 is 23.8 Å². The van der Waals surface area contributed by atoms with Crippen LogP contribution >= 0.6 is 0 Å². The number of carbonyl (C=O) groups excluding carboxylic acids is 4. The quantitative estimate of drug-likeness (QED) is 0.523. The van der Waals surface area contributed by atoms with Gasteiger partial charge in [-0.3, -0.25) is 14.5 Å². The lowest BCUT2D eigenvalue weighted by Crippen LogP contribution is -2.43. The summed E-state index contributed by atoms with van der Waals surface area (Å²) >= 11 is 0. The summed E-state index contributed by atoms with van der Waals surface area (Å²) in [6, 6.07) is 11.8. The van der Waals surface area contributed by atoms with Gasteiger partial charge in [0.25, 0.3) is 5.91 Å². The van der Waals surface area contributed by atoms with E-state index in [4.69, 9.17) is 9.47 Å². The van der Waals surface area contributed by atoms with Gasteiger partial charge < -0.3 is 20.1 Å². The van der Waals surface area contributed by atoms with Crippen molar-refractivity contribution in [1.82, 2.24) is 15.5 Å². The van der Waals surface area contributed by atoms with Crippen molar-refractivity contribution in [3.8, 4) is 5.75 Å². The predicted molar refractivity (Wildman–Crippen MR) is 113 cm³/mol. The maximum Gasteiger partial charge on any atom is 0.341 e. The second kappa shape index (κ2) is 8.33. The SMILES string of the molecule is COC(=O)c1cc(CNC(=O)CN2C(=O)NC3(CCc4ccccc43)C2=O)ccc1OC. The van der Waals surface area contributed by atoms with Crippen molar-refractivity contribution in [3.63, 3.8) is 0 Å². The molecule has 32 heavy (non-hydrogen) atoms. The fraction of sp³-hybridized carbons (Fsp3) is 0.304. The zero-order valence-corrected chi connectivity index (χ0v) is 17.8. The van der Waals surface area contributed by atoms with E-state index < -0.39 is 35.9 Å². The number of methoxy groups -OCH3 is 2. The van der Waals surface area contributed by atoms with Crippen molar-refractivity contribution in [1.29, 1.82) is 0 Å². The molecule has 0 saturated carbocycles. The lowest BCUT2D eigenvalue weighted by atomic mass is 9.92. The molecule has 9 heteroatoms. The Morgan fingerprint density at radius 1 is 1.16 bits per heavy atom. The van der Waals surface area contributed by atoms with Crippen molar-refractivity contribution in [3.05, 3.63) is 64.7 Å². The van der Waals surface area contributed by atoms with Crippen molar-refractivity contribution in [2.24, 2.45) is 0 Å². The number of carbonyl (C=O) groups is 4. The van der Waals surface area contributed by atoms with Crippen LogP contribution in [0, 0.1) is 0 Å². The molecular formula is C23H23N3O6. The lowest BCUT2D eigenvalue weighted by Gasteiger charge is -2.22. The van der Waals surface area contributed by atoms with Gasteiger partial charge in [-0.15, -0.1) is 0 Å². The minimum atomic E-state index is -1.10. The number of urea groups is 1. The van der Waals surface area contributed by atoms with Crippen LogP contribution in [-0.2, 0) is 32.8 Å². The van der Waals surface area contributed by atoms with Crippen LogP contribution in [0.2, 0.25) is 0 Å². The van der Waals surface area contributed by atoms with Crippen LogP contribution in [-0.4, -0.2) is 49.5 Å². The van der Waals surface area contributed by atoms with Crippen LogP contribution in [0.15, 0.2) is 42.5 Å². The smallest absolute Gasteiger partial charge is 0.341 e. The highest BCUT2D eigenvalue weighted by molar-refractivity contribution is 6.09. The Bertz CT molecular complexity index is 1110. The number of hydrogen-bond donors (Lipinski definition) is 2. The third-order valence-corrected chi connectivity index (χ3v) is 5.88. The third kappa shape index (κ3) is 3.55. The number of amides is 4. The summed E-state index contributed by atoms with van der Waals surface area (Å²) in [5, 5.41) is 5.48. The second-order valence-electron chi connectivity index (χ2n) is 7.69. The van der Waals surface area contributed by atoms with Gasteiger partial charge in [0.15, 0.2) is 0 Å². The van der Waals surface area contributed by atoms with E-state index >= 15 is 0 Å². The summed E-state index contributed by atoms with van der Waals surface area (Å²) in [4.78, 5) is 51.0. The van der Waals surface area contributed by atoms with Crippen LogP contribution in [0.5, 0.6) is 5.75 Å². The molecule has 0 radical (unpaired) electrons. The van der Waals surface area contributed by atoms with Gasteiger partial charge in [0, 0.05) is 6.54 Å². The predicted octanol–water partition coefficient (Wildman–Crippen LogP) is 1.49. The minimum absolute atomic E-state index is 0.102. The summed E-state index contributed by atoms with van der Waals surface area (Å²) < 4.78 is 9.90. The molecule has 2 aliphatic rings. The Kier molecular flexibility index (Phi) is 5.56. The van der Waals surface area contributed by atoms with Gasteiger partial charge in [-0.1, -0.05) is 30.3 Å². The largest absolute Gasteiger partial charge is 0.496 e. The maximum atomic E-state index is 13.1. The zero-order valence-electron chi connectivity index (χ0n) is 17.8. The molecule has 166 valence electrons. The Hall–Kier alpha value is -3.88. The molecule has 2 aromatic rings. The first-order valence-corrected chi connectivity index (χ1v) is 10.1. The first kappa shape index (κ1) is 21.4. The molecule has 1 fully saturated rings. The molecule has 2 N–H and O–H groups in total. The number of fused-ring (bicyclic) bond motifs is 2. The molecule has 0 aromatic heterocycles. The van der Waals surface area contributed by atoms with Gasteiger partial charge in [-0.05, 0) is 41.7 Å². The van der Waals surface area contributed by atoms with Crippen molar-refractivity contribution in [2.75, 3.05) is 20.8 Å². The van der Waals surface area contributed by atoms with Gasteiger partial charge in [-0.2, -0.15) is 0 Å². The number of imide groups is 1. The molecule has 1 aliphatic heterocycles. The zero-order chi connectivity index (χ0) is 22.9. The molecule has 4 amide bonds. The van der Waals surface area contributed by atoms with Crippen LogP contribution in [0.25, 0.3) is 0 Å². The molecular weight excluding hydrogens is 414 g/mol. The Morgan fingerprint density at radius 2 is 1.94 bits per heavy atom. The number of aryl methyl sites for hydroxylation is 1. The number of nitrogens with one attached hydrogen (secondary N) is 2. The highest BCUT2D eigenvalue weighted by atomic mass is 16.5. The van der Waals surface area contributed by atoms with Crippen molar-refractivity contribution in [2.45, 2.75) is 24.9 Å². The van der Waals surface area contributed by atoms with Gasteiger partial charge >= 0.3 is 12.0 Å². The van der Waals surface area contributed by atoms with Gasteiger partial charge in [0.2, 0.25) is 5.91 Å². The average Bonchev–Trinajstić information content (AvgIpc) is 3.30. The van der Waals surface area contributed by atoms with E-state index in [0.29, 0.717) is 24.2 Å². The molecule has 4 rings (SSSR count). The lowest BCUT2D eigenvalue weighted by molar-refractivity contribution is -0.135. The van der Waals surface area contributed by atoms with E-state index in [2.05, 4.69) is 10.6 Å². The summed E-state index contributed by atoms with van der Waals surface area (Å²) in [6.07, 6.45) is 1.15. The Labute approximate surface area is 184 Å². The Balaban J connectivity index is 1.43. The van der Waals surface area contributed by atoms with Crippen LogP contribution < -0.4 is 15.4 Å². The highest BCUT2D eigenvalue weighted by Crippen LogP contribution is 2.41. The fourth-order valence-corrected chi connectivity index (χ4v) is 4.27. The summed E-state index contributed by atoms with van der Waals surface area (Å²) in [7, 11) is 2.71. The van der Waals surface area contributed by atoms with Crippen LogP contribution in [0.1, 0.15) is 33.5 Å². The van der Waals surface area contributed by atoms with Crippen LogP contribution in [0.4, 0.5) is 4.79 Å². The molecule has 1 heterocycles. The van der Waals surface area contributed by atoms with Gasteiger partial charge in [0.05, 0.1) is 14.2 Å². The summed E-state index contributed by atoms with van der Waals surface area (Å²) in [6.45, 7) is -0.293. The first-order valence-electron chi connectivity index (χ1n) is 10.1. The standard InChI is InChI=1S/C23H23N3O6/c1-31-18-8-7-14(11-16(18)20(28)32-2)12-24-19(27)13-26-21(29)23(25-22(26)30)10-9-15-5-3-4-6-17(15)23/h3-8,11H,9-10,12-13H2,1-2H3,(H,24,27)(H,25,30). The number of ether oxygens (including phenoxy) is 2. The summed E-state index contributed by atoms with van der Waals surface area (Å²) in [5.41, 5.74) is 1.58. The van der Waals surface area contributed by atoms with E-state index in [1.165, 1.54) is 14.2 Å². The topological polar surface area (TPSA) is 114 Å². The first-order chi connectivity index (χ1) is 15.4. The third-order valence-electron chi connectivity index (χ3n) is 5.88. The molecule has 1 atom stereocenters. The van der Waals surface area contributed by atoms with Crippen molar-refractivity contribution < 1.29 is 28.7 Å². The van der Waals surface area contributed by atoms with Gasteiger partial charge in [0.1, 0.15) is 23.4 Å². The van der Waals surface area contributed by atoms with E-state index in [0.717, 1.165) is 16.0 Å². The molecule has 2 aromatic carbocycles.